The van der Waals surface area contributed by atoms with Crippen molar-refractivity contribution >= 4 is 0 Å². The SMILES string of the molecule is Cc1cc(C(C)(C)N)cc(C)c1F. The van der Waals surface area contributed by atoms with Crippen LogP contribution in [0.4, 0.5) is 4.39 Å². The second kappa shape index (κ2) is 3.11. The van der Waals surface area contributed by atoms with Crippen LogP contribution in [0.5, 0.6) is 0 Å². The zero-order valence-corrected chi connectivity index (χ0v) is 8.61. The van der Waals surface area contributed by atoms with Crippen LogP contribution in [-0.4, -0.2) is 0 Å². The highest BCUT2D eigenvalue weighted by atomic mass is 19.1. The Morgan fingerprint density at radius 1 is 1.15 bits per heavy atom. The van der Waals surface area contributed by atoms with Gasteiger partial charge in [0.25, 0.3) is 0 Å². The van der Waals surface area contributed by atoms with Crippen LogP contribution in [-0.2, 0) is 5.54 Å². The molecule has 0 bridgehead atoms. The van der Waals surface area contributed by atoms with Crippen LogP contribution in [0.2, 0.25) is 0 Å². The molecular weight excluding hydrogens is 165 g/mol. The summed E-state index contributed by atoms with van der Waals surface area (Å²) >= 11 is 0. The molecule has 13 heavy (non-hydrogen) atoms. The largest absolute Gasteiger partial charge is 0.322 e. The van der Waals surface area contributed by atoms with Crippen LogP contribution >= 0.6 is 0 Å². The van der Waals surface area contributed by atoms with Gasteiger partial charge >= 0.3 is 0 Å². The van der Waals surface area contributed by atoms with E-state index < -0.39 is 5.54 Å². The second-order valence-electron chi connectivity index (χ2n) is 4.15. The van der Waals surface area contributed by atoms with E-state index in [0.717, 1.165) is 5.56 Å². The molecule has 0 radical (unpaired) electrons. The van der Waals surface area contributed by atoms with Crippen LogP contribution in [0.1, 0.15) is 30.5 Å². The van der Waals surface area contributed by atoms with Crippen molar-refractivity contribution in [1.29, 1.82) is 0 Å². The van der Waals surface area contributed by atoms with Crippen molar-refractivity contribution in [3.8, 4) is 0 Å². The molecule has 0 spiro atoms. The molecule has 72 valence electrons. The molecule has 0 fully saturated rings. The lowest BCUT2D eigenvalue weighted by Crippen LogP contribution is -2.28. The van der Waals surface area contributed by atoms with Gasteiger partial charge in [-0.15, -0.1) is 0 Å². The average molecular weight is 181 g/mol. The molecule has 0 aromatic heterocycles. The van der Waals surface area contributed by atoms with Gasteiger partial charge in [-0.1, -0.05) is 12.1 Å². The van der Waals surface area contributed by atoms with Gasteiger partial charge in [0.2, 0.25) is 0 Å². The summed E-state index contributed by atoms with van der Waals surface area (Å²) in [6.45, 7) is 7.35. The Hall–Kier alpha value is -0.890. The van der Waals surface area contributed by atoms with Crippen molar-refractivity contribution in [1.82, 2.24) is 0 Å². The number of rotatable bonds is 1. The summed E-state index contributed by atoms with van der Waals surface area (Å²) in [5, 5.41) is 0. The molecular formula is C11H16FN. The smallest absolute Gasteiger partial charge is 0.129 e. The fourth-order valence-electron chi connectivity index (χ4n) is 1.32. The first-order chi connectivity index (χ1) is 5.82. The topological polar surface area (TPSA) is 26.0 Å². The third-order valence-electron chi connectivity index (χ3n) is 2.18. The maximum Gasteiger partial charge on any atom is 0.129 e. The summed E-state index contributed by atoms with van der Waals surface area (Å²) in [6.07, 6.45) is 0. The molecule has 2 heteroatoms. The van der Waals surface area contributed by atoms with Crippen molar-refractivity contribution in [2.24, 2.45) is 5.73 Å². The minimum absolute atomic E-state index is 0.131. The molecule has 0 saturated carbocycles. The van der Waals surface area contributed by atoms with Gasteiger partial charge in [0.1, 0.15) is 5.82 Å². The monoisotopic (exact) mass is 181 g/mol. The Morgan fingerprint density at radius 3 is 1.85 bits per heavy atom. The minimum atomic E-state index is -0.400. The first kappa shape index (κ1) is 10.2. The summed E-state index contributed by atoms with van der Waals surface area (Å²) in [7, 11) is 0. The highest BCUT2D eigenvalue weighted by Gasteiger charge is 2.16. The minimum Gasteiger partial charge on any atom is -0.322 e. The molecule has 1 rings (SSSR count). The standard InChI is InChI=1S/C11H16FN/c1-7-5-9(11(3,4)13)6-8(2)10(7)12/h5-6H,13H2,1-4H3. The highest BCUT2D eigenvalue weighted by Crippen LogP contribution is 2.22. The number of hydrogen-bond acceptors (Lipinski definition) is 1. The van der Waals surface area contributed by atoms with E-state index in [2.05, 4.69) is 0 Å². The Morgan fingerprint density at radius 2 is 1.54 bits per heavy atom. The number of nitrogens with two attached hydrogens (primary N) is 1. The molecule has 1 aromatic carbocycles. The zero-order chi connectivity index (χ0) is 10.2. The summed E-state index contributed by atoms with van der Waals surface area (Å²) in [4.78, 5) is 0. The van der Waals surface area contributed by atoms with Gasteiger partial charge in [-0.05, 0) is 44.4 Å². The first-order valence-electron chi connectivity index (χ1n) is 4.38. The zero-order valence-electron chi connectivity index (χ0n) is 8.61. The van der Waals surface area contributed by atoms with E-state index in [9.17, 15) is 4.39 Å². The lowest BCUT2D eigenvalue weighted by atomic mass is 9.92. The summed E-state index contributed by atoms with van der Waals surface area (Å²) < 4.78 is 13.3. The number of aryl methyl sites for hydroxylation is 2. The molecule has 0 unspecified atom stereocenters. The van der Waals surface area contributed by atoms with E-state index >= 15 is 0 Å². The molecule has 2 N–H and O–H groups in total. The maximum atomic E-state index is 13.3. The van der Waals surface area contributed by atoms with Gasteiger partial charge in [0, 0.05) is 5.54 Å². The maximum absolute atomic E-state index is 13.3. The van der Waals surface area contributed by atoms with Gasteiger partial charge in [0.15, 0.2) is 0 Å². The van der Waals surface area contributed by atoms with Gasteiger partial charge in [0.05, 0.1) is 0 Å². The van der Waals surface area contributed by atoms with E-state index in [-0.39, 0.29) is 5.82 Å². The first-order valence-corrected chi connectivity index (χ1v) is 4.38. The molecule has 0 amide bonds. The fourth-order valence-corrected chi connectivity index (χ4v) is 1.32. The summed E-state index contributed by atoms with van der Waals surface area (Å²) in [5.41, 5.74) is 7.82. The number of hydrogen-bond donors (Lipinski definition) is 1. The quantitative estimate of drug-likeness (QED) is 0.708. The molecule has 0 aliphatic carbocycles. The van der Waals surface area contributed by atoms with E-state index in [4.69, 9.17) is 5.73 Å². The van der Waals surface area contributed by atoms with Crippen LogP contribution in [0.15, 0.2) is 12.1 Å². The molecule has 0 aliphatic heterocycles. The van der Waals surface area contributed by atoms with Gasteiger partial charge < -0.3 is 5.73 Å². The molecule has 0 atom stereocenters. The van der Waals surface area contributed by atoms with Crippen molar-refractivity contribution in [2.45, 2.75) is 33.2 Å². The Labute approximate surface area is 78.8 Å². The summed E-state index contributed by atoms with van der Waals surface area (Å²) in [6, 6.07) is 3.62. The lowest BCUT2D eigenvalue weighted by molar-refractivity contribution is 0.547. The number of benzene rings is 1. The molecule has 1 aromatic rings. The second-order valence-corrected chi connectivity index (χ2v) is 4.15. The lowest BCUT2D eigenvalue weighted by Gasteiger charge is -2.20. The Balaban J connectivity index is 3.29. The van der Waals surface area contributed by atoms with E-state index in [0.29, 0.717) is 11.1 Å². The molecule has 0 saturated heterocycles. The van der Waals surface area contributed by atoms with Gasteiger partial charge in [-0.2, -0.15) is 0 Å². The van der Waals surface area contributed by atoms with Crippen molar-refractivity contribution in [3.05, 3.63) is 34.6 Å². The third-order valence-corrected chi connectivity index (χ3v) is 2.18. The van der Waals surface area contributed by atoms with Crippen LogP contribution in [0.3, 0.4) is 0 Å². The van der Waals surface area contributed by atoms with E-state index in [1.807, 2.05) is 26.0 Å². The van der Waals surface area contributed by atoms with Crippen LogP contribution in [0, 0.1) is 19.7 Å². The molecule has 0 heterocycles. The predicted molar refractivity (Wildman–Crippen MR) is 53.1 cm³/mol. The van der Waals surface area contributed by atoms with Crippen molar-refractivity contribution in [2.75, 3.05) is 0 Å². The van der Waals surface area contributed by atoms with E-state index in [1.165, 1.54) is 0 Å². The normalized spacial score (nSPS) is 11.8. The van der Waals surface area contributed by atoms with Crippen molar-refractivity contribution < 1.29 is 4.39 Å². The predicted octanol–water partition coefficient (Wildman–Crippen LogP) is 2.64. The van der Waals surface area contributed by atoms with Crippen LogP contribution in [0.25, 0.3) is 0 Å². The van der Waals surface area contributed by atoms with E-state index in [1.54, 1.807) is 13.8 Å². The molecule has 0 aliphatic rings. The molecule has 1 nitrogen and oxygen atoms in total. The van der Waals surface area contributed by atoms with Crippen molar-refractivity contribution in [3.63, 3.8) is 0 Å². The third kappa shape index (κ3) is 2.07. The number of halogens is 1. The Bertz CT molecular complexity index is 300. The Kier molecular flexibility index (Phi) is 2.44. The van der Waals surface area contributed by atoms with Gasteiger partial charge in [-0.25, -0.2) is 4.39 Å². The highest BCUT2D eigenvalue weighted by molar-refractivity contribution is 5.33. The van der Waals surface area contributed by atoms with Gasteiger partial charge in [-0.3, -0.25) is 0 Å². The summed E-state index contributed by atoms with van der Waals surface area (Å²) in [5.74, 6) is -0.131. The fraction of sp³-hybridized carbons (Fsp3) is 0.455. The van der Waals surface area contributed by atoms with Crippen LogP contribution < -0.4 is 5.73 Å². The average Bonchev–Trinajstić information content (AvgIpc) is 1.97.